The molecule has 8 nitrogen and oxygen atoms in total. The predicted molar refractivity (Wildman–Crippen MR) is 141 cm³/mol. The SMILES string of the molecule is CC(=O)Nc1ccc(S(=O)(=O)N2CCN(CC(O)Cn3c4ccccc4c4ccccc43)CC2)cc1. The van der Waals surface area contributed by atoms with Gasteiger partial charge in [0.05, 0.1) is 17.5 Å². The molecule has 0 bridgehead atoms. The molecule has 2 N–H and O–H groups in total. The molecule has 0 radical (unpaired) electrons. The number of β-amino-alcohol motifs (C(OH)–C–C–N with tert-alkyl or cyclic N) is 1. The number of amides is 1. The molecule has 1 amide bonds. The van der Waals surface area contributed by atoms with Gasteiger partial charge in [-0.05, 0) is 36.4 Å². The zero-order chi connectivity index (χ0) is 25.3. The van der Waals surface area contributed by atoms with Crippen LogP contribution >= 0.6 is 0 Å². The van der Waals surface area contributed by atoms with Crippen molar-refractivity contribution in [1.29, 1.82) is 0 Å². The van der Waals surface area contributed by atoms with Crippen LogP contribution in [0.15, 0.2) is 77.7 Å². The Morgan fingerprint density at radius 2 is 1.42 bits per heavy atom. The molecule has 1 atom stereocenters. The number of aliphatic hydroxyl groups excluding tert-OH is 1. The molecule has 0 spiro atoms. The minimum absolute atomic E-state index is 0.205. The number of para-hydroxylation sites is 2. The van der Waals surface area contributed by atoms with E-state index < -0.39 is 16.1 Å². The van der Waals surface area contributed by atoms with Crippen LogP contribution in [0, 0.1) is 0 Å². The van der Waals surface area contributed by atoms with Crippen LogP contribution in [0.1, 0.15) is 6.92 Å². The molecule has 1 fully saturated rings. The number of fused-ring (bicyclic) bond motifs is 3. The van der Waals surface area contributed by atoms with Gasteiger partial charge in [0.25, 0.3) is 0 Å². The third kappa shape index (κ3) is 4.87. The Morgan fingerprint density at radius 1 is 0.861 bits per heavy atom. The fraction of sp³-hybridized carbons (Fsp3) is 0.296. The molecule has 36 heavy (non-hydrogen) atoms. The summed E-state index contributed by atoms with van der Waals surface area (Å²) in [5.41, 5.74) is 2.75. The lowest BCUT2D eigenvalue weighted by atomic mass is 10.2. The van der Waals surface area contributed by atoms with E-state index in [2.05, 4.69) is 39.0 Å². The van der Waals surface area contributed by atoms with E-state index in [0.29, 0.717) is 45.0 Å². The summed E-state index contributed by atoms with van der Waals surface area (Å²) in [6.07, 6.45) is -0.589. The molecule has 4 aromatic rings. The number of aliphatic hydroxyl groups is 1. The van der Waals surface area contributed by atoms with Crippen molar-refractivity contribution in [2.24, 2.45) is 0 Å². The van der Waals surface area contributed by atoms with Crippen LogP contribution in [0.5, 0.6) is 0 Å². The monoisotopic (exact) mass is 506 g/mol. The number of rotatable bonds is 7. The normalized spacial score (nSPS) is 16.4. The Kier molecular flexibility index (Phi) is 6.81. The average Bonchev–Trinajstić information content (AvgIpc) is 3.18. The molecule has 188 valence electrons. The predicted octanol–water partition coefficient (Wildman–Crippen LogP) is 3.12. The van der Waals surface area contributed by atoms with E-state index in [1.165, 1.54) is 34.1 Å². The lowest BCUT2D eigenvalue weighted by Crippen LogP contribution is -2.50. The van der Waals surface area contributed by atoms with Crippen molar-refractivity contribution in [2.45, 2.75) is 24.5 Å². The van der Waals surface area contributed by atoms with E-state index in [1.807, 2.05) is 24.3 Å². The molecule has 2 heterocycles. The highest BCUT2D eigenvalue weighted by molar-refractivity contribution is 7.89. The maximum atomic E-state index is 13.1. The second-order valence-corrected chi connectivity index (χ2v) is 11.1. The maximum absolute atomic E-state index is 13.1. The second-order valence-electron chi connectivity index (χ2n) is 9.21. The largest absolute Gasteiger partial charge is 0.390 e. The molecule has 0 aliphatic carbocycles. The Hall–Kier alpha value is -3.24. The van der Waals surface area contributed by atoms with Crippen molar-refractivity contribution >= 4 is 43.4 Å². The summed E-state index contributed by atoms with van der Waals surface area (Å²) in [7, 11) is -3.62. The quantitative estimate of drug-likeness (QED) is 0.402. The smallest absolute Gasteiger partial charge is 0.243 e. The molecule has 1 aromatic heterocycles. The molecular weight excluding hydrogens is 476 g/mol. The molecule has 3 aromatic carbocycles. The molecule has 9 heteroatoms. The first-order valence-electron chi connectivity index (χ1n) is 12.1. The van der Waals surface area contributed by atoms with Gasteiger partial charge in [-0.15, -0.1) is 0 Å². The fourth-order valence-electron chi connectivity index (χ4n) is 4.98. The molecular formula is C27H30N4O4S. The summed E-state index contributed by atoms with van der Waals surface area (Å²) >= 11 is 0. The lowest BCUT2D eigenvalue weighted by molar-refractivity contribution is -0.114. The van der Waals surface area contributed by atoms with Crippen LogP contribution in [0.3, 0.4) is 0 Å². The third-order valence-corrected chi connectivity index (χ3v) is 8.60. The van der Waals surface area contributed by atoms with Gasteiger partial charge in [0.2, 0.25) is 15.9 Å². The van der Waals surface area contributed by atoms with Gasteiger partial charge in [-0.25, -0.2) is 8.42 Å². The van der Waals surface area contributed by atoms with Gasteiger partial charge >= 0.3 is 0 Å². The Morgan fingerprint density at radius 3 is 1.97 bits per heavy atom. The van der Waals surface area contributed by atoms with Gasteiger partial charge in [-0.2, -0.15) is 4.31 Å². The minimum atomic E-state index is -3.62. The zero-order valence-electron chi connectivity index (χ0n) is 20.2. The topological polar surface area (TPSA) is 94.9 Å². The van der Waals surface area contributed by atoms with E-state index >= 15 is 0 Å². The lowest BCUT2D eigenvalue weighted by Gasteiger charge is -2.35. The number of sulfonamides is 1. The summed E-state index contributed by atoms with van der Waals surface area (Å²) in [5, 5.41) is 15.9. The van der Waals surface area contributed by atoms with Gasteiger partial charge in [-0.1, -0.05) is 36.4 Å². The number of carbonyl (C=O) groups is 1. The van der Waals surface area contributed by atoms with Crippen LogP contribution in [-0.2, 0) is 21.4 Å². The van der Waals surface area contributed by atoms with E-state index in [1.54, 1.807) is 12.1 Å². The van der Waals surface area contributed by atoms with Crippen molar-refractivity contribution in [3.8, 4) is 0 Å². The van der Waals surface area contributed by atoms with Crippen molar-refractivity contribution in [2.75, 3.05) is 38.0 Å². The highest BCUT2D eigenvalue weighted by Gasteiger charge is 2.29. The average molecular weight is 507 g/mol. The van der Waals surface area contributed by atoms with E-state index in [4.69, 9.17) is 0 Å². The van der Waals surface area contributed by atoms with E-state index in [-0.39, 0.29) is 10.8 Å². The van der Waals surface area contributed by atoms with Gasteiger partial charge in [0.15, 0.2) is 0 Å². The van der Waals surface area contributed by atoms with Crippen LogP contribution in [0.25, 0.3) is 21.8 Å². The van der Waals surface area contributed by atoms with Crippen molar-refractivity contribution < 1.29 is 18.3 Å². The number of hydrogen-bond acceptors (Lipinski definition) is 5. The van der Waals surface area contributed by atoms with Crippen molar-refractivity contribution in [3.05, 3.63) is 72.8 Å². The van der Waals surface area contributed by atoms with Crippen LogP contribution in [0.4, 0.5) is 5.69 Å². The Balaban J connectivity index is 1.22. The van der Waals surface area contributed by atoms with Gasteiger partial charge in [0, 0.05) is 67.1 Å². The highest BCUT2D eigenvalue weighted by atomic mass is 32.2. The first-order chi connectivity index (χ1) is 17.3. The molecule has 1 aliphatic rings. The highest BCUT2D eigenvalue weighted by Crippen LogP contribution is 2.29. The molecule has 1 unspecified atom stereocenters. The molecule has 1 saturated heterocycles. The third-order valence-electron chi connectivity index (χ3n) is 6.69. The van der Waals surface area contributed by atoms with Crippen LogP contribution < -0.4 is 5.32 Å². The summed E-state index contributed by atoms with van der Waals surface area (Å²) in [6.45, 7) is 4.16. The standard InChI is InChI=1S/C27H30N4O4S/c1-20(32)28-21-10-12-23(13-11-21)36(34,35)30-16-14-29(15-17-30)18-22(33)19-31-26-8-4-2-6-24(26)25-7-3-5-9-27(25)31/h2-13,22,33H,14-19H2,1H3,(H,28,32). The van der Waals surface area contributed by atoms with Crippen LogP contribution in [-0.4, -0.2) is 72.0 Å². The number of anilines is 1. The first-order valence-corrected chi connectivity index (χ1v) is 13.5. The van der Waals surface area contributed by atoms with Crippen molar-refractivity contribution in [3.63, 3.8) is 0 Å². The summed E-state index contributed by atoms with van der Waals surface area (Å²) in [6, 6.07) is 22.7. The summed E-state index contributed by atoms with van der Waals surface area (Å²) in [5.74, 6) is -0.206. The summed E-state index contributed by atoms with van der Waals surface area (Å²) in [4.78, 5) is 13.5. The number of benzene rings is 3. The minimum Gasteiger partial charge on any atom is -0.390 e. The second kappa shape index (κ2) is 10.0. The fourth-order valence-corrected chi connectivity index (χ4v) is 6.40. The number of nitrogens with zero attached hydrogens (tertiary/aromatic N) is 3. The van der Waals surface area contributed by atoms with E-state index in [0.717, 1.165) is 11.0 Å². The van der Waals surface area contributed by atoms with E-state index in [9.17, 15) is 18.3 Å². The number of nitrogens with one attached hydrogen (secondary N) is 1. The van der Waals surface area contributed by atoms with Gasteiger partial charge in [0.1, 0.15) is 0 Å². The molecule has 0 saturated carbocycles. The maximum Gasteiger partial charge on any atom is 0.243 e. The summed E-state index contributed by atoms with van der Waals surface area (Å²) < 4.78 is 29.8. The van der Waals surface area contributed by atoms with Crippen molar-refractivity contribution in [1.82, 2.24) is 13.8 Å². The molecule has 1 aliphatic heterocycles. The zero-order valence-corrected chi connectivity index (χ0v) is 21.0. The van der Waals surface area contributed by atoms with Gasteiger partial charge in [-0.3, -0.25) is 9.69 Å². The van der Waals surface area contributed by atoms with Crippen LogP contribution in [0.2, 0.25) is 0 Å². The number of piperazine rings is 1. The molecule has 5 rings (SSSR count). The van der Waals surface area contributed by atoms with Gasteiger partial charge < -0.3 is 15.0 Å². The number of carbonyl (C=O) groups excluding carboxylic acids is 1. The number of hydrogen-bond donors (Lipinski definition) is 2. The first kappa shape index (κ1) is 24.5. The Bertz CT molecular complexity index is 1440. The Labute approximate surface area is 210 Å². The number of aromatic nitrogens is 1.